The Hall–Kier alpha value is -0.120. The fraction of sp³-hybridized carbons (Fsp3) is 1.00. The Morgan fingerprint density at radius 2 is 1.80 bits per heavy atom. The second kappa shape index (κ2) is 8.08. The summed E-state index contributed by atoms with van der Waals surface area (Å²) < 4.78 is 5.28. The molecule has 0 radical (unpaired) electrons. The van der Waals surface area contributed by atoms with Crippen LogP contribution in [-0.4, -0.2) is 43.8 Å². The zero-order valence-electron chi connectivity index (χ0n) is 11.0. The predicted octanol–water partition coefficient (Wildman–Crippen LogP) is 1.72. The Morgan fingerprint density at radius 1 is 1.20 bits per heavy atom. The Kier molecular flexibility index (Phi) is 8.02. The zero-order chi connectivity index (χ0) is 11.8. The van der Waals surface area contributed by atoms with Crippen molar-refractivity contribution < 1.29 is 4.74 Å². The smallest absolute Gasteiger partial charge is 0.0705 e. The van der Waals surface area contributed by atoms with E-state index in [1.54, 1.807) is 7.11 Å². The largest absolute Gasteiger partial charge is 0.380 e. The molecule has 0 aliphatic carbocycles. The quantitative estimate of drug-likeness (QED) is 0.671. The van der Waals surface area contributed by atoms with Crippen molar-refractivity contribution in [1.82, 2.24) is 4.90 Å². The van der Waals surface area contributed by atoms with Gasteiger partial charge in [-0.2, -0.15) is 0 Å². The molecule has 3 nitrogen and oxygen atoms in total. The predicted molar refractivity (Wildman–Crippen MR) is 66.0 cm³/mol. The van der Waals surface area contributed by atoms with Crippen LogP contribution in [0.4, 0.5) is 0 Å². The zero-order valence-corrected chi connectivity index (χ0v) is 11.0. The highest BCUT2D eigenvalue weighted by Gasteiger charge is 2.13. The van der Waals surface area contributed by atoms with Gasteiger partial charge in [-0.1, -0.05) is 13.8 Å². The average molecular weight is 216 g/mol. The second-order valence-corrected chi connectivity index (χ2v) is 4.86. The minimum absolute atomic E-state index is 0.207. The van der Waals surface area contributed by atoms with Crippen molar-refractivity contribution in [3.63, 3.8) is 0 Å². The third-order valence-electron chi connectivity index (χ3n) is 2.66. The molecule has 0 aliphatic heterocycles. The summed E-state index contributed by atoms with van der Waals surface area (Å²) in [6, 6.07) is 0.600. The number of rotatable bonds is 8. The molecule has 0 fully saturated rings. The van der Waals surface area contributed by atoms with Gasteiger partial charge in [0.1, 0.15) is 0 Å². The number of hydrogen-bond acceptors (Lipinski definition) is 3. The number of hydrogen-bond donors (Lipinski definition) is 1. The van der Waals surface area contributed by atoms with E-state index in [-0.39, 0.29) is 6.10 Å². The minimum Gasteiger partial charge on any atom is -0.380 e. The van der Waals surface area contributed by atoms with E-state index in [9.17, 15) is 0 Å². The fourth-order valence-electron chi connectivity index (χ4n) is 1.67. The van der Waals surface area contributed by atoms with Crippen LogP contribution < -0.4 is 5.73 Å². The van der Waals surface area contributed by atoms with Gasteiger partial charge in [-0.05, 0) is 26.2 Å². The molecule has 0 rings (SSSR count). The second-order valence-electron chi connectivity index (χ2n) is 4.86. The number of ether oxygens (including phenoxy) is 1. The van der Waals surface area contributed by atoms with Crippen LogP contribution in [0.2, 0.25) is 0 Å². The number of nitrogens with zero attached hydrogens (tertiary/aromatic N) is 1. The van der Waals surface area contributed by atoms with Crippen LogP contribution in [-0.2, 0) is 4.74 Å². The molecule has 0 heterocycles. The SMILES string of the molecule is COC(CN)CCN(CC(C)C)C(C)C. The van der Waals surface area contributed by atoms with Crippen molar-refractivity contribution in [2.75, 3.05) is 26.7 Å². The van der Waals surface area contributed by atoms with Gasteiger partial charge in [-0.3, -0.25) is 0 Å². The standard InChI is InChI=1S/C12H28N2O/c1-10(2)9-14(11(3)4)7-6-12(8-13)15-5/h10-12H,6-9,13H2,1-5H3. The first-order valence-corrected chi connectivity index (χ1v) is 5.98. The summed E-state index contributed by atoms with van der Waals surface area (Å²) in [5.41, 5.74) is 5.60. The highest BCUT2D eigenvalue weighted by Crippen LogP contribution is 2.07. The lowest BCUT2D eigenvalue weighted by atomic mass is 10.1. The lowest BCUT2D eigenvalue weighted by Gasteiger charge is -2.29. The summed E-state index contributed by atoms with van der Waals surface area (Å²) in [4.78, 5) is 2.49. The molecule has 0 aromatic rings. The molecule has 0 aliphatic rings. The van der Waals surface area contributed by atoms with Crippen LogP contribution in [0.25, 0.3) is 0 Å². The van der Waals surface area contributed by atoms with E-state index in [1.807, 2.05) is 0 Å². The van der Waals surface area contributed by atoms with Crippen LogP contribution in [0.15, 0.2) is 0 Å². The van der Waals surface area contributed by atoms with E-state index in [0.29, 0.717) is 18.5 Å². The molecule has 0 saturated heterocycles. The summed E-state index contributed by atoms with van der Waals surface area (Å²) in [5, 5.41) is 0. The summed E-state index contributed by atoms with van der Waals surface area (Å²) in [6.45, 7) is 11.8. The third kappa shape index (κ3) is 6.88. The molecule has 0 bridgehead atoms. The number of nitrogens with two attached hydrogens (primary N) is 1. The Balaban J connectivity index is 3.94. The first-order chi connectivity index (χ1) is 7.01. The van der Waals surface area contributed by atoms with Gasteiger partial charge in [0.2, 0.25) is 0 Å². The average Bonchev–Trinajstić information content (AvgIpc) is 2.16. The van der Waals surface area contributed by atoms with Crippen molar-refractivity contribution in [2.24, 2.45) is 11.7 Å². The maximum atomic E-state index is 5.60. The van der Waals surface area contributed by atoms with Crippen molar-refractivity contribution in [3.8, 4) is 0 Å². The van der Waals surface area contributed by atoms with Crippen LogP contribution in [0, 0.1) is 5.92 Å². The first kappa shape index (κ1) is 14.9. The van der Waals surface area contributed by atoms with Crippen molar-refractivity contribution in [3.05, 3.63) is 0 Å². The van der Waals surface area contributed by atoms with Gasteiger partial charge in [0.25, 0.3) is 0 Å². The van der Waals surface area contributed by atoms with Crippen molar-refractivity contribution in [1.29, 1.82) is 0 Å². The highest BCUT2D eigenvalue weighted by molar-refractivity contribution is 4.68. The molecule has 2 N–H and O–H groups in total. The van der Waals surface area contributed by atoms with E-state index < -0.39 is 0 Å². The molecule has 0 amide bonds. The molecule has 1 atom stereocenters. The fourth-order valence-corrected chi connectivity index (χ4v) is 1.67. The molecule has 15 heavy (non-hydrogen) atoms. The molecule has 3 heteroatoms. The number of methoxy groups -OCH3 is 1. The van der Waals surface area contributed by atoms with Crippen LogP contribution in [0.1, 0.15) is 34.1 Å². The van der Waals surface area contributed by atoms with E-state index in [4.69, 9.17) is 10.5 Å². The van der Waals surface area contributed by atoms with Gasteiger partial charge in [-0.25, -0.2) is 0 Å². The van der Waals surface area contributed by atoms with E-state index >= 15 is 0 Å². The normalized spacial score (nSPS) is 14.2. The monoisotopic (exact) mass is 216 g/mol. The summed E-state index contributed by atoms with van der Waals surface area (Å²) in [5.74, 6) is 0.714. The van der Waals surface area contributed by atoms with E-state index in [0.717, 1.165) is 19.5 Å². The van der Waals surface area contributed by atoms with Crippen molar-refractivity contribution >= 4 is 0 Å². The molecular formula is C12H28N2O. The highest BCUT2D eigenvalue weighted by atomic mass is 16.5. The first-order valence-electron chi connectivity index (χ1n) is 5.98. The molecule has 0 spiro atoms. The van der Waals surface area contributed by atoms with Crippen LogP contribution >= 0.6 is 0 Å². The van der Waals surface area contributed by atoms with E-state index in [1.165, 1.54) is 0 Å². The lowest BCUT2D eigenvalue weighted by molar-refractivity contribution is 0.0817. The molecule has 92 valence electrons. The maximum absolute atomic E-state index is 5.60. The Morgan fingerprint density at radius 3 is 2.13 bits per heavy atom. The minimum atomic E-state index is 0.207. The van der Waals surface area contributed by atoms with Crippen molar-refractivity contribution in [2.45, 2.75) is 46.3 Å². The summed E-state index contributed by atoms with van der Waals surface area (Å²) >= 11 is 0. The molecular weight excluding hydrogens is 188 g/mol. The van der Waals surface area contributed by atoms with E-state index in [2.05, 4.69) is 32.6 Å². The maximum Gasteiger partial charge on any atom is 0.0705 e. The molecule has 0 aromatic carbocycles. The van der Waals surface area contributed by atoms with Crippen LogP contribution in [0.5, 0.6) is 0 Å². The van der Waals surface area contributed by atoms with Crippen LogP contribution in [0.3, 0.4) is 0 Å². The van der Waals surface area contributed by atoms with Gasteiger partial charge in [0.15, 0.2) is 0 Å². The molecule has 0 aromatic heterocycles. The van der Waals surface area contributed by atoms with Gasteiger partial charge < -0.3 is 15.4 Å². The van der Waals surface area contributed by atoms with Gasteiger partial charge >= 0.3 is 0 Å². The summed E-state index contributed by atoms with van der Waals surface area (Å²) in [6.07, 6.45) is 1.23. The van der Waals surface area contributed by atoms with Gasteiger partial charge in [0, 0.05) is 32.8 Å². The molecule has 0 saturated carbocycles. The topological polar surface area (TPSA) is 38.5 Å². The van der Waals surface area contributed by atoms with Gasteiger partial charge in [0.05, 0.1) is 6.10 Å². The molecule has 1 unspecified atom stereocenters. The third-order valence-corrected chi connectivity index (χ3v) is 2.66. The lowest BCUT2D eigenvalue weighted by Crippen LogP contribution is -2.37. The Bertz CT molecular complexity index is 145. The Labute approximate surface area is 95.0 Å². The summed E-state index contributed by atoms with van der Waals surface area (Å²) in [7, 11) is 1.74. The van der Waals surface area contributed by atoms with Gasteiger partial charge in [-0.15, -0.1) is 0 Å².